The van der Waals surface area contributed by atoms with E-state index >= 15 is 0 Å². The highest BCUT2D eigenvalue weighted by molar-refractivity contribution is 5.68. The van der Waals surface area contributed by atoms with E-state index in [1.165, 1.54) is 0 Å². The second kappa shape index (κ2) is 7.88. The Morgan fingerprint density at radius 3 is 2.39 bits per heavy atom. The molecule has 0 spiro atoms. The Bertz CT molecular complexity index is 423. The van der Waals surface area contributed by atoms with E-state index in [2.05, 4.69) is 31.4 Å². The van der Waals surface area contributed by atoms with Crippen molar-refractivity contribution in [2.75, 3.05) is 13.2 Å². The molecular formula is C17H32N2O4. The first-order chi connectivity index (χ1) is 10.6. The summed E-state index contributed by atoms with van der Waals surface area (Å²) >= 11 is 0. The number of nitrogens with one attached hydrogen (secondary N) is 2. The van der Waals surface area contributed by atoms with Crippen LogP contribution in [0, 0.1) is 10.8 Å². The largest absolute Gasteiger partial charge is 0.450 e. The molecule has 134 valence electrons. The molecule has 2 amide bonds. The number of alkyl carbamates (subject to hydrolysis) is 2. The molecule has 2 unspecified atom stereocenters. The van der Waals surface area contributed by atoms with E-state index < -0.39 is 0 Å². The zero-order valence-corrected chi connectivity index (χ0v) is 15.3. The van der Waals surface area contributed by atoms with Crippen molar-refractivity contribution in [2.24, 2.45) is 10.8 Å². The van der Waals surface area contributed by atoms with Crippen molar-refractivity contribution in [3.8, 4) is 0 Å². The van der Waals surface area contributed by atoms with Crippen LogP contribution in [0.5, 0.6) is 0 Å². The van der Waals surface area contributed by atoms with Crippen LogP contribution in [-0.4, -0.2) is 37.5 Å². The third-order valence-electron chi connectivity index (χ3n) is 4.04. The number of hydrogen-bond donors (Lipinski definition) is 2. The first-order valence-corrected chi connectivity index (χ1v) is 8.43. The molecule has 1 aliphatic carbocycles. The van der Waals surface area contributed by atoms with Crippen molar-refractivity contribution in [2.45, 2.75) is 73.0 Å². The van der Waals surface area contributed by atoms with Crippen molar-refractivity contribution in [1.29, 1.82) is 0 Å². The van der Waals surface area contributed by atoms with Gasteiger partial charge in [0.25, 0.3) is 0 Å². The van der Waals surface area contributed by atoms with E-state index in [0.29, 0.717) is 13.2 Å². The molecule has 0 aliphatic heterocycles. The average Bonchev–Trinajstić information content (AvgIpc) is 2.33. The second-order valence-electron chi connectivity index (χ2n) is 7.93. The number of amides is 2. The minimum absolute atomic E-state index is 0.0407. The van der Waals surface area contributed by atoms with Crippen molar-refractivity contribution >= 4 is 12.2 Å². The molecule has 2 N–H and O–H groups in total. The summed E-state index contributed by atoms with van der Waals surface area (Å²) in [6.45, 7) is 12.9. The van der Waals surface area contributed by atoms with Gasteiger partial charge >= 0.3 is 12.2 Å². The third-order valence-corrected chi connectivity index (χ3v) is 4.04. The van der Waals surface area contributed by atoms with Gasteiger partial charge in [-0.2, -0.15) is 0 Å². The van der Waals surface area contributed by atoms with E-state index in [4.69, 9.17) is 9.47 Å². The quantitative estimate of drug-likeness (QED) is 0.810. The first kappa shape index (κ1) is 19.6. The van der Waals surface area contributed by atoms with Crippen molar-refractivity contribution in [3.05, 3.63) is 0 Å². The molecule has 0 aromatic heterocycles. The van der Waals surface area contributed by atoms with Crippen LogP contribution in [0.4, 0.5) is 9.59 Å². The Balaban J connectivity index is 2.66. The van der Waals surface area contributed by atoms with E-state index in [1.807, 2.05) is 13.8 Å². The van der Waals surface area contributed by atoms with Gasteiger partial charge in [0.15, 0.2) is 0 Å². The molecule has 0 aromatic carbocycles. The minimum Gasteiger partial charge on any atom is -0.450 e. The first-order valence-electron chi connectivity index (χ1n) is 8.43. The van der Waals surface area contributed by atoms with Gasteiger partial charge in [0.1, 0.15) is 0 Å². The molecule has 23 heavy (non-hydrogen) atoms. The number of hydrogen-bond acceptors (Lipinski definition) is 4. The summed E-state index contributed by atoms with van der Waals surface area (Å²) in [7, 11) is 0. The number of carbonyl (C=O) groups is 2. The van der Waals surface area contributed by atoms with E-state index in [1.54, 1.807) is 6.92 Å². The Kier molecular flexibility index (Phi) is 6.71. The molecule has 0 heterocycles. The van der Waals surface area contributed by atoms with Crippen LogP contribution in [0.2, 0.25) is 0 Å². The summed E-state index contributed by atoms with van der Waals surface area (Å²) in [5, 5.41) is 5.80. The molecule has 6 nitrogen and oxygen atoms in total. The number of rotatable bonds is 5. The highest BCUT2D eigenvalue weighted by Gasteiger charge is 2.42. The topological polar surface area (TPSA) is 76.7 Å². The molecule has 1 rings (SSSR count). The molecule has 0 saturated heterocycles. The van der Waals surface area contributed by atoms with Gasteiger partial charge in [-0.05, 0) is 50.9 Å². The van der Waals surface area contributed by atoms with Gasteiger partial charge in [-0.15, -0.1) is 0 Å². The van der Waals surface area contributed by atoms with Gasteiger partial charge in [-0.1, -0.05) is 20.8 Å². The lowest BCUT2D eigenvalue weighted by Crippen LogP contribution is -2.50. The molecular weight excluding hydrogens is 296 g/mol. The van der Waals surface area contributed by atoms with Crippen LogP contribution in [0.25, 0.3) is 0 Å². The third kappa shape index (κ3) is 7.10. The lowest BCUT2D eigenvalue weighted by atomic mass is 9.62. The molecule has 2 atom stereocenters. The molecule has 6 heteroatoms. The van der Waals surface area contributed by atoms with Crippen LogP contribution < -0.4 is 10.6 Å². The molecule has 0 bridgehead atoms. The molecule has 0 aromatic rings. The summed E-state index contributed by atoms with van der Waals surface area (Å²) < 4.78 is 10.1. The highest BCUT2D eigenvalue weighted by atomic mass is 16.6. The maximum absolute atomic E-state index is 11.9. The fourth-order valence-electron chi connectivity index (χ4n) is 3.75. The Labute approximate surface area is 139 Å². The van der Waals surface area contributed by atoms with E-state index in [-0.39, 0.29) is 35.2 Å². The lowest BCUT2D eigenvalue weighted by molar-refractivity contribution is 0.0583. The van der Waals surface area contributed by atoms with Crippen molar-refractivity contribution < 1.29 is 19.1 Å². The smallest absolute Gasteiger partial charge is 0.407 e. The lowest BCUT2D eigenvalue weighted by Gasteiger charge is -2.46. The predicted molar refractivity (Wildman–Crippen MR) is 89.3 cm³/mol. The molecule has 1 fully saturated rings. The highest BCUT2D eigenvalue weighted by Crippen LogP contribution is 2.45. The predicted octanol–water partition coefficient (Wildman–Crippen LogP) is 3.45. The minimum atomic E-state index is -0.388. The molecule has 1 saturated carbocycles. The van der Waals surface area contributed by atoms with Gasteiger partial charge < -0.3 is 20.1 Å². The summed E-state index contributed by atoms with van der Waals surface area (Å²) in [4.78, 5) is 23.4. The average molecular weight is 328 g/mol. The normalized spacial score (nSPS) is 26.5. The van der Waals surface area contributed by atoms with Gasteiger partial charge in [-0.25, -0.2) is 9.59 Å². The van der Waals surface area contributed by atoms with Crippen molar-refractivity contribution in [3.63, 3.8) is 0 Å². The van der Waals surface area contributed by atoms with Crippen molar-refractivity contribution in [1.82, 2.24) is 10.6 Å². The van der Waals surface area contributed by atoms with Crippen LogP contribution in [0.1, 0.15) is 60.8 Å². The Morgan fingerprint density at radius 1 is 1.17 bits per heavy atom. The standard InChI is InChI=1S/C17H32N2O4/c1-7-22-14(20)18-11-17(6)9-13(8-16(4,5)10-17)19-15(21)23-12(2)3/h12-13H,7-11H2,1-6H3,(H,18,20)(H,19,21). The fourth-order valence-corrected chi connectivity index (χ4v) is 3.75. The Hall–Kier alpha value is -1.46. The maximum atomic E-state index is 11.9. The summed E-state index contributed by atoms with van der Waals surface area (Å²) in [5.74, 6) is 0. The SMILES string of the molecule is CCOC(=O)NCC1(C)CC(NC(=O)OC(C)C)CC(C)(C)C1. The molecule has 0 radical (unpaired) electrons. The van der Waals surface area contributed by atoms with Gasteiger partial charge in [0.2, 0.25) is 0 Å². The molecule has 1 aliphatic rings. The summed E-state index contributed by atoms with van der Waals surface area (Å²) in [6, 6.07) is 0.0407. The summed E-state index contributed by atoms with van der Waals surface area (Å²) in [5.41, 5.74) is -0.0105. The fraction of sp³-hybridized carbons (Fsp3) is 0.882. The Morgan fingerprint density at radius 2 is 1.83 bits per heavy atom. The van der Waals surface area contributed by atoms with Gasteiger partial charge in [-0.3, -0.25) is 0 Å². The zero-order chi connectivity index (χ0) is 17.7. The van der Waals surface area contributed by atoms with Crippen LogP contribution >= 0.6 is 0 Å². The second-order valence-corrected chi connectivity index (χ2v) is 7.93. The van der Waals surface area contributed by atoms with Gasteiger partial charge in [0.05, 0.1) is 12.7 Å². The number of ether oxygens (including phenoxy) is 2. The maximum Gasteiger partial charge on any atom is 0.407 e. The van der Waals surface area contributed by atoms with E-state index in [0.717, 1.165) is 19.3 Å². The van der Waals surface area contributed by atoms with Crippen LogP contribution in [0.15, 0.2) is 0 Å². The number of carbonyl (C=O) groups excluding carboxylic acids is 2. The van der Waals surface area contributed by atoms with Gasteiger partial charge in [0, 0.05) is 12.6 Å². The monoisotopic (exact) mass is 328 g/mol. The van der Waals surface area contributed by atoms with Crippen LogP contribution in [-0.2, 0) is 9.47 Å². The zero-order valence-electron chi connectivity index (χ0n) is 15.3. The summed E-state index contributed by atoms with van der Waals surface area (Å²) in [6.07, 6.45) is 1.78. The van der Waals surface area contributed by atoms with E-state index in [9.17, 15) is 9.59 Å². The van der Waals surface area contributed by atoms with Crippen LogP contribution in [0.3, 0.4) is 0 Å².